The fourth-order valence-electron chi connectivity index (χ4n) is 3.18. The minimum absolute atomic E-state index is 0.0315. The summed E-state index contributed by atoms with van der Waals surface area (Å²) in [4.78, 5) is 18.1. The Kier molecular flexibility index (Phi) is 6.10. The molecule has 2 amide bonds. The summed E-state index contributed by atoms with van der Waals surface area (Å²) in [6.45, 7) is 9.61. The van der Waals surface area contributed by atoms with Gasteiger partial charge in [-0.15, -0.1) is 11.3 Å². The van der Waals surface area contributed by atoms with Crippen molar-refractivity contribution in [3.63, 3.8) is 0 Å². The van der Waals surface area contributed by atoms with E-state index in [9.17, 15) is 4.79 Å². The summed E-state index contributed by atoms with van der Waals surface area (Å²) in [6, 6.07) is 10.7. The van der Waals surface area contributed by atoms with Crippen molar-refractivity contribution in [2.75, 3.05) is 19.6 Å². The molecule has 0 saturated carbocycles. The van der Waals surface area contributed by atoms with Gasteiger partial charge in [-0.3, -0.25) is 4.90 Å². The topological polar surface area (TPSA) is 35.6 Å². The zero-order valence-electron chi connectivity index (χ0n) is 15.1. The predicted molar refractivity (Wildman–Crippen MR) is 104 cm³/mol. The Balaban J connectivity index is 1.49. The van der Waals surface area contributed by atoms with Crippen molar-refractivity contribution in [2.45, 2.75) is 39.9 Å². The molecule has 1 aromatic carbocycles. The molecule has 0 saturated heterocycles. The third kappa shape index (κ3) is 4.61. The van der Waals surface area contributed by atoms with E-state index in [0.717, 1.165) is 44.7 Å². The average Bonchev–Trinajstić information content (AvgIpc) is 3.12. The Labute approximate surface area is 154 Å². The van der Waals surface area contributed by atoms with Gasteiger partial charge in [-0.05, 0) is 47.6 Å². The van der Waals surface area contributed by atoms with Gasteiger partial charge in [0.2, 0.25) is 0 Å². The molecule has 0 radical (unpaired) electrons. The predicted octanol–water partition coefficient (Wildman–Crippen LogP) is 3.86. The lowest BCUT2D eigenvalue weighted by Crippen LogP contribution is -2.42. The third-order valence-electron chi connectivity index (χ3n) is 4.86. The van der Waals surface area contributed by atoms with Gasteiger partial charge in [0.15, 0.2) is 0 Å². The number of rotatable bonds is 6. The molecule has 0 fully saturated rings. The summed E-state index contributed by atoms with van der Waals surface area (Å²) in [5, 5.41) is 5.17. The second-order valence-corrected chi connectivity index (χ2v) is 7.48. The van der Waals surface area contributed by atoms with Crippen molar-refractivity contribution in [1.82, 2.24) is 15.1 Å². The van der Waals surface area contributed by atoms with Crippen LogP contribution < -0.4 is 5.32 Å². The first-order valence-electron chi connectivity index (χ1n) is 9.07. The lowest BCUT2D eigenvalue weighted by molar-refractivity contribution is 0.192. The van der Waals surface area contributed by atoms with Gasteiger partial charge in [0, 0.05) is 31.1 Å². The minimum atomic E-state index is 0.0315. The van der Waals surface area contributed by atoms with Crippen LogP contribution in [0.25, 0.3) is 0 Å². The number of urea groups is 1. The van der Waals surface area contributed by atoms with Gasteiger partial charge in [-0.1, -0.05) is 38.1 Å². The lowest BCUT2D eigenvalue weighted by Gasteiger charge is -2.27. The Hall–Kier alpha value is -1.85. The molecule has 0 aliphatic carbocycles. The molecule has 4 nitrogen and oxygen atoms in total. The highest BCUT2D eigenvalue weighted by atomic mass is 32.1. The van der Waals surface area contributed by atoms with Gasteiger partial charge in [-0.25, -0.2) is 4.79 Å². The van der Waals surface area contributed by atoms with E-state index < -0.39 is 0 Å². The number of nitrogens with zero attached hydrogens (tertiary/aromatic N) is 2. The molecule has 0 atom stereocenters. The first kappa shape index (κ1) is 18.0. The molecule has 25 heavy (non-hydrogen) atoms. The van der Waals surface area contributed by atoms with E-state index in [-0.39, 0.29) is 6.03 Å². The normalized spacial score (nSPS) is 13.8. The highest BCUT2D eigenvalue weighted by Crippen LogP contribution is 2.23. The number of thiophene rings is 1. The molecular weight excluding hydrogens is 330 g/mol. The first-order chi connectivity index (χ1) is 12.2. The zero-order chi connectivity index (χ0) is 17.6. The van der Waals surface area contributed by atoms with Crippen LogP contribution in [0.1, 0.15) is 35.4 Å². The fourth-order valence-corrected chi connectivity index (χ4v) is 4.07. The van der Waals surface area contributed by atoms with Crippen molar-refractivity contribution in [3.05, 3.63) is 57.3 Å². The van der Waals surface area contributed by atoms with E-state index in [4.69, 9.17) is 0 Å². The standard InChI is InChI=1S/C20H27N3OS/c1-3-22(4-2)14-17-7-5-16(6-8-17)13-21-20(24)23-11-9-19-18(15-23)10-12-25-19/h5-8,10,12H,3-4,9,11,13-15H2,1-2H3,(H,21,24). The van der Waals surface area contributed by atoms with Crippen molar-refractivity contribution < 1.29 is 4.79 Å². The summed E-state index contributed by atoms with van der Waals surface area (Å²) in [7, 11) is 0. The molecular formula is C20H27N3OS. The second kappa shape index (κ2) is 8.50. The molecule has 5 heteroatoms. The van der Waals surface area contributed by atoms with Crippen molar-refractivity contribution in [1.29, 1.82) is 0 Å². The van der Waals surface area contributed by atoms with Crippen LogP contribution in [0.5, 0.6) is 0 Å². The molecule has 1 aromatic heterocycles. The zero-order valence-corrected chi connectivity index (χ0v) is 15.9. The van der Waals surface area contributed by atoms with E-state index >= 15 is 0 Å². The highest BCUT2D eigenvalue weighted by molar-refractivity contribution is 7.10. The summed E-state index contributed by atoms with van der Waals surface area (Å²) in [5.41, 5.74) is 3.76. The number of benzene rings is 1. The summed E-state index contributed by atoms with van der Waals surface area (Å²) in [5.74, 6) is 0. The van der Waals surface area contributed by atoms with Crippen LogP contribution in [0.3, 0.4) is 0 Å². The molecule has 2 aromatic rings. The van der Waals surface area contributed by atoms with Gasteiger partial charge in [0.05, 0.1) is 0 Å². The van der Waals surface area contributed by atoms with Crippen molar-refractivity contribution in [3.8, 4) is 0 Å². The van der Waals surface area contributed by atoms with Crippen LogP contribution >= 0.6 is 11.3 Å². The number of carbonyl (C=O) groups is 1. The Morgan fingerprint density at radius 1 is 1.16 bits per heavy atom. The second-order valence-electron chi connectivity index (χ2n) is 6.48. The highest BCUT2D eigenvalue weighted by Gasteiger charge is 2.21. The molecule has 134 valence electrons. The maximum absolute atomic E-state index is 12.4. The van der Waals surface area contributed by atoms with Gasteiger partial charge in [0.25, 0.3) is 0 Å². The van der Waals surface area contributed by atoms with Crippen LogP contribution in [-0.4, -0.2) is 35.5 Å². The quantitative estimate of drug-likeness (QED) is 0.852. The van der Waals surface area contributed by atoms with Crippen molar-refractivity contribution in [2.24, 2.45) is 0 Å². The summed E-state index contributed by atoms with van der Waals surface area (Å²) in [6.07, 6.45) is 0.973. The van der Waals surface area contributed by atoms with Crippen LogP contribution in [0.2, 0.25) is 0 Å². The molecule has 0 unspecified atom stereocenters. The number of amides is 2. The van der Waals surface area contributed by atoms with E-state index in [1.54, 1.807) is 11.3 Å². The van der Waals surface area contributed by atoms with Crippen molar-refractivity contribution >= 4 is 17.4 Å². The van der Waals surface area contributed by atoms with E-state index in [0.29, 0.717) is 6.54 Å². The average molecular weight is 358 g/mol. The molecule has 2 heterocycles. The Bertz CT molecular complexity index is 691. The fraction of sp³-hybridized carbons (Fsp3) is 0.450. The van der Waals surface area contributed by atoms with Gasteiger partial charge in [-0.2, -0.15) is 0 Å². The van der Waals surface area contributed by atoms with E-state index in [1.165, 1.54) is 16.0 Å². The maximum atomic E-state index is 12.4. The number of hydrogen-bond donors (Lipinski definition) is 1. The SMILES string of the molecule is CCN(CC)Cc1ccc(CNC(=O)N2CCc3sccc3C2)cc1. The molecule has 1 aliphatic rings. The maximum Gasteiger partial charge on any atom is 0.317 e. The molecule has 0 spiro atoms. The molecule has 0 bridgehead atoms. The van der Waals surface area contributed by atoms with Gasteiger partial charge >= 0.3 is 6.03 Å². The lowest BCUT2D eigenvalue weighted by atomic mass is 10.1. The van der Waals surface area contributed by atoms with Gasteiger partial charge < -0.3 is 10.2 Å². The van der Waals surface area contributed by atoms with Crippen LogP contribution in [0.15, 0.2) is 35.7 Å². The van der Waals surface area contributed by atoms with E-state index in [1.807, 2.05) is 4.90 Å². The first-order valence-corrected chi connectivity index (χ1v) is 9.95. The smallest absolute Gasteiger partial charge is 0.317 e. The Morgan fingerprint density at radius 3 is 2.60 bits per heavy atom. The number of fused-ring (bicyclic) bond motifs is 1. The van der Waals surface area contributed by atoms with Crippen LogP contribution in [0, 0.1) is 0 Å². The minimum Gasteiger partial charge on any atom is -0.334 e. The van der Waals surface area contributed by atoms with Gasteiger partial charge in [0.1, 0.15) is 0 Å². The van der Waals surface area contributed by atoms with Crippen LogP contribution in [0.4, 0.5) is 4.79 Å². The van der Waals surface area contributed by atoms with Crippen LogP contribution in [-0.2, 0) is 26.1 Å². The third-order valence-corrected chi connectivity index (χ3v) is 5.89. The number of carbonyl (C=O) groups excluding carboxylic acids is 1. The number of nitrogens with one attached hydrogen (secondary N) is 1. The summed E-state index contributed by atoms with van der Waals surface area (Å²) >= 11 is 1.80. The number of hydrogen-bond acceptors (Lipinski definition) is 3. The Morgan fingerprint density at radius 2 is 1.88 bits per heavy atom. The monoisotopic (exact) mass is 357 g/mol. The summed E-state index contributed by atoms with van der Waals surface area (Å²) < 4.78 is 0. The van der Waals surface area contributed by atoms with E-state index in [2.05, 4.69) is 59.8 Å². The molecule has 1 N–H and O–H groups in total. The molecule has 3 rings (SSSR count). The molecule has 1 aliphatic heterocycles. The largest absolute Gasteiger partial charge is 0.334 e.